The molecule has 45 heavy (non-hydrogen) atoms. The van der Waals surface area contributed by atoms with Crippen LogP contribution in [0.2, 0.25) is 0 Å². The standard InChI is InChI=1S/C32H38F2N8O3/c1-23(31(43)41-15-13-39(14-16-41)12-7-19-45-24-8-3-2-4-9-24)35-32-37-27(40-17-20-44-21-18-40)22-28(38-32)42-26-11-6-5-10-25(26)36-30(42)29(33)34/h2-6,8-11,22-23,29H,7,12-21H2,1H3,(H,35,37,38)/t23-/m0/s1. The van der Waals surface area contributed by atoms with Crippen LogP contribution in [0.4, 0.5) is 20.5 Å². The Bertz CT molecular complexity index is 1570. The quantitative estimate of drug-likeness (QED) is 0.250. The highest BCUT2D eigenvalue weighted by atomic mass is 19.3. The molecule has 1 N–H and O–H groups in total. The number of aromatic nitrogens is 4. The molecule has 1 amide bonds. The zero-order chi connectivity index (χ0) is 31.2. The molecule has 2 aliphatic rings. The fourth-order valence-electron chi connectivity index (χ4n) is 5.70. The first-order valence-electron chi connectivity index (χ1n) is 15.4. The number of para-hydroxylation sites is 3. The first-order valence-corrected chi connectivity index (χ1v) is 15.4. The molecule has 0 aliphatic carbocycles. The van der Waals surface area contributed by atoms with E-state index < -0.39 is 18.3 Å². The van der Waals surface area contributed by atoms with Crippen LogP contribution in [0.1, 0.15) is 25.6 Å². The van der Waals surface area contributed by atoms with Gasteiger partial charge in [0, 0.05) is 51.9 Å². The number of alkyl halides is 2. The highest BCUT2D eigenvalue weighted by molar-refractivity contribution is 5.84. The van der Waals surface area contributed by atoms with Gasteiger partial charge in [-0.15, -0.1) is 0 Å². The molecule has 4 heterocycles. The highest BCUT2D eigenvalue weighted by Gasteiger charge is 2.27. The van der Waals surface area contributed by atoms with E-state index in [0.717, 1.165) is 31.8 Å². The Hall–Kier alpha value is -4.36. The molecule has 6 rings (SSSR count). The Labute approximate surface area is 260 Å². The maximum absolute atomic E-state index is 14.2. The molecule has 2 aromatic carbocycles. The molecule has 2 aliphatic heterocycles. The molecule has 4 aromatic rings. The van der Waals surface area contributed by atoms with E-state index in [1.165, 1.54) is 4.57 Å². The minimum absolute atomic E-state index is 0.0645. The van der Waals surface area contributed by atoms with Crippen molar-refractivity contribution in [1.82, 2.24) is 29.3 Å². The summed E-state index contributed by atoms with van der Waals surface area (Å²) >= 11 is 0. The van der Waals surface area contributed by atoms with E-state index in [2.05, 4.69) is 20.2 Å². The first-order chi connectivity index (χ1) is 22.0. The van der Waals surface area contributed by atoms with Crippen LogP contribution < -0.4 is 15.0 Å². The van der Waals surface area contributed by atoms with Crippen molar-refractivity contribution in [2.45, 2.75) is 25.8 Å². The second-order valence-corrected chi connectivity index (χ2v) is 11.2. The molecular formula is C32H38F2N8O3. The third kappa shape index (κ3) is 7.31. The van der Waals surface area contributed by atoms with Gasteiger partial charge < -0.3 is 24.6 Å². The normalized spacial score (nSPS) is 16.7. The first kappa shape index (κ1) is 30.7. The molecule has 0 unspecified atom stereocenters. The summed E-state index contributed by atoms with van der Waals surface area (Å²) in [6.45, 7) is 8.35. The van der Waals surface area contributed by atoms with Crippen LogP contribution in [0.5, 0.6) is 5.75 Å². The fraction of sp³-hybridized carbons (Fsp3) is 0.438. The van der Waals surface area contributed by atoms with Crippen molar-refractivity contribution in [1.29, 1.82) is 0 Å². The number of rotatable bonds is 11. The topological polar surface area (TPSA) is 101 Å². The maximum atomic E-state index is 14.2. The van der Waals surface area contributed by atoms with E-state index in [1.54, 1.807) is 37.3 Å². The van der Waals surface area contributed by atoms with Gasteiger partial charge in [-0.2, -0.15) is 9.97 Å². The zero-order valence-corrected chi connectivity index (χ0v) is 25.3. The van der Waals surface area contributed by atoms with Gasteiger partial charge in [-0.25, -0.2) is 13.8 Å². The van der Waals surface area contributed by atoms with E-state index in [-0.39, 0.29) is 17.7 Å². The smallest absolute Gasteiger partial charge is 0.296 e. The summed E-state index contributed by atoms with van der Waals surface area (Å²) < 4.78 is 41.0. The summed E-state index contributed by atoms with van der Waals surface area (Å²) in [6.07, 6.45) is -1.91. The van der Waals surface area contributed by atoms with Gasteiger partial charge in [0.1, 0.15) is 23.4 Å². The maximum Gasteiger partial charge on any atom is 0.296 e. The van der Waals surface area contributed by atoms with Crippen LogP contribution in [-0.4, -0.2) is 107 Å². The van der Waals surface area contributed by atoms with Crippen LogP contribution in [0.3, 0.4) is 0 Å². The number of carbonyl (C=O) groups is 1. The van der Waals surface area contributed by atoms with Crippen molar-refractivity contribution in [3.05, 3.63) is 66.5 Å². The predicted molar refractivity (Wildman–Crippen MR) is 167 cm³/mol. The van der Waals surface area contributed by atoms with Gasteiger partial charge in [-0.3, -0.25) is 14.3 Å². The lowest BCUT2D eigenvalue weighted by Gasteiger charge is -2.36. The van der Waals surface area contributed by atoms with Crippen molar-refractivity contribution >= 4 is 28.7 Å². The number of ether oxygens (including phenoxy) is 2. The number of hydrogen-bond acceptors (Lipinski definition) is 9. The van der Waals surface area contributed by atoms with E-state index in [0.29, 0.717) is 62.9 Å². The van der Waals surface area contributed by atoms with Gasteiger partial charge >= 0.3 is 0 Å². The van der Waals surface area contributed by atoms with Gasteiger partial charge in [-0.1, -0.05) is 30.3 Å². The number of carbonyl (C=O) groups excluding carboxylic acids is 1. The number of anilines is 2. The number of amides is 1. The lowest BCUT2D eigenvalue weighted by molar-refractivity contribution is -0.133. The fourth-order valence-corrected chi connectivity index (χ4v) is 5.70. The van der Waals surface area contributed by atoms with Gasteiger partial charge in [0.2, 0.25) is 11.9 Å². The number of piperazine rings is 1. The second-order valence-electron chi connectivity index (χ2n) is 11.2. The minimum atomic E-state index is -2.81. The van der Waals surface area contributed by atoms with Crippen LogP contribution >= 0.6 is 0 Å². The van der Waals surface area contributed by atoms with E-state index >= 15 is 0 Å². The molecule has 0 bridgehead atoms. The summed E-state index contributed by atoms with van der Waals surface area (Å²) in [4.78, 5) is 33.2. The third-order valence-corrected chi connectivity index (χ3v) is 8.08. The summed E-state index contributed by atoms with van der Waals surface area (Å²) in [5, 5.41) is 3.16. The second kappa shape index (κ2) is 14.2. The van der Waals surface area contributed by atoms with E-state index in [4.69, 9.17) is 14.5 Å². The Morgan fingerprint density at radius 3 is 2.40 bits per heavy atom. The molecule has 0 spiro atoms. The summed E-state index contributed by atoms with van der Waals surface area (Å²) in [5.41, 5.74) is 0.958. The zero-order valence-electron chi connectivity index (χ0n) is 25.3. The molecule has 1 atom stereocenters. The van der Waals surface area contributed by atoms with Crippen molar-refractivity contribution in [2.75, 3.05) is 75.9 Å². The lowest BCUT2D eigenvalue weighted by Crippen LogP contribution is -2.52. The monoisotopic (exact) mass is 620 g/mol. The van der Waals surface area contributed by atoms with Gasteiger partial charge in [-0.05, 0) is 37.6 Å². The molecule has 11 nitrogen and oxygen atoms in total. The number of nitrogens with zero attached hydrogens (tertiary/aromatic N) is 7. The Morgan fingerprint density at radius 2 is 1.64 bits per heavy atom. The number of hydrogen-bond donors (Lipinski definition) is 1. The molecule has 0 radical (unpaired) electrons. The van der Waals surface area contributed by atoms with Crippen molar-refractivity contribution in [3.63, 3.8) is 0 Å². The summed E-state index contributed by atoms with van der Waals surface area (Å²) in [7, 11) is 0. The Morgan fingerprint density at radius 1 is 0.933 bits per heavy atom. The van der Waals surface area contributed by atoms with Crippen LogP contribution in [0.15, 0.2) is 60.7 Å². The highest BCUT2D eigenvalue weighted by Crippen LogP contribution is 2.29. The molecule has 2 aromatic heterocycles. The molecule has 0 saturated carbocycles. The number of halogens is 2. The lowest BCUT2D eigenvalue weighted by atomic mass is 10.2. The van der Waals surface area contributed by atoms with E-state index in [9.17, 15) is 13.6 Å². The number of nitrogens with one attached hydrogen (secondary N) is 1. The average molecular weight is 621 g/mol. The number of imidazole rings is 1. The molecule has 2 saturated heterocycles. The Kier molecular flexibility index (Phi) is 9.65. The Balaban J connectivity index is 1.13. The van der Waals surface area contributed by atoms with E-state index in [1.807, 2.05) is 40.1 Å². The van der Waals surface area contributed by atoms with Crippen molar-refractivity contribution < 1.29 is 23.0 Å². The number of fused-ring (bicyclic) bond motifs is 1. The molecule has 238 valence electrons. The van der Waals surface area contributed by atoms with Gasteiger partial charge in [0.15, 0.2) is 5.82 Å². The third-order valence-electron chi connectivity index (χ3n) is 8.08. The van der Waals surface area contributed by atoms with Crippen LogP contribution in [0, 0.1) is 0 Å². The summed E-state index contributed by atoms with van der Waals surface area (Å²) in [6, 6.07) is 17.8. The SMILES string of the molecule is C[C@H](Nc1nc(N2CCOCC2)cc(-n2c(C(F)F)nc3ccccc32)n1)C(=O)N1CCN(CCCOc2ccccc2)CC1. The number of benzene rings is 2. The van der Waals surface area contributed by atoms with Gasteiger partial charge in [0.25, 0.3) is 6.43 Å². The molecule has 2 fully saturated rings. The van der Waals surface area contributed by atoms with Crippen LogP contribution in [0.25, 0.3) is 16.9 Å². The van der Waals surface area contributed by atoms with Gasteiger partial charge in [0.05, 0.1) is 30.9 Å². The van der Waals surface area contributed by atoms with Crippen molar-refractivity contribution in [2.24, 2.45) is 0 Å². The number of morpholine rings is 1. The predicted octanol–water partition coefficient (Wildman–Crippen LogP) is 4.00. The van der Waals surface area contributed by atoms with Crippen LogP contribution in [-0.2, 0) is 9.53 Å². The van der Waals surface area contributed by atoms with Crippen molar-refractivity contribution in [3.8, 4) is 11.6 Å². The largest absolute Gasteiger partial charge is 0.494 e. The minimum Gasteiger partial charge on any atom is -0.494 e. The average Bonchev–Trinajstić information content (AvgIpc) is 3.48. The molecule has 13 heteroatoms. The summed E-state index contributed by atoms with van der Waals surface area (Å²) in [5.74, 6) is 1.40. The molecular weight excluding hydrogens is 582 g/mol.